The van der Waals surface area contributed by atoms with Crippen LogP contribution in [0.4, 0.5) is 0 Å². The van der Waals surface area contributed by atoms with Crippen molar-refractivity contribution in [2.75, 3.05) is 0 Å². The minimum Gasteiger partial charge on any atom is -0.480 e. The quantitative estimate of drug-likeness (QED) is 0.839. The summed E-state index contributed by atoms with van der Waals surface area (Å²) in [5, 5.41) is 9.93. The lowest BCUT2D eigenvalue weighted by atomic mass is 9.86. The van der Waals surface area contributed by atoms with Crippen molar-refractivity contribution in [3.05, 3.63) is 15.6 Å². The molecule has 0 amide bonds. The third-order valence-corrected chi connectivity index (χ3v) is 4.43. The van der Waals surface area contributed by atoms with Gasteiger partial charge in [0.05, 0.1) is 10.7 Å². The molecule has 0 spiro atoms. The van der Waals surface area contributed by atoms with E-state index in [0.717, 1.165) is 15.6 Å². The number of nitrogens with zero attached hydrogens (tertiary/aromatic N) is 1. The largest absolute Gasteiger partial charge is 0.480 e. The Bertz CT molecular complexity index is 399. The number of thiazole rings is 1. The Labute approximate surface area is 98.5 Å². The van der Waals surface area contributed by atoms with Crippen LogP contribution in [-0.2, 0) is 11.2 Å². The van der Waals surface area contributed by atoms with Gasteiger partial charge in [-0.1, -0.05) is 6.42 Å². The highest BCUT2D eigenvalue weighted by atomic mass is 32.1. The van der Waals surface area contributed by atoms with Crippen molar-refractivity contribution in [1.82, 2.24) is 4.98 Å². The molecule has 88 valence electrons. The number of carbonyl (C=O) groups is 1. The second kappa shape index (κ2) is 4.51. The number of carboxylic acid groups (broad SMARTS) is 1. The van der Waals surface area contributed by atoms with Gasteiger partial charge in [-0.3, -0.25) is 4.79 Å². The summed E-state index contributed by atoms with van der Waals surface area (Å²) >= 11 is 1.63. The minimum absolute atomic E-state index is 0.394. The van der Waals surface area contributed by atoms with Gasteiger partial charge in [0, 0.05) is 17.2 Å². The van der Waals surface area contributed by atoms with Crippen LogP contribution in [0.15, 0.2) is 0 Å². The molecule has 3 N–H and O–H groups in total. The van der Waals surface area contributed by atoms with Crippen molar-refractivity contribution >= 4 is 17.3 Å². The number of aromatic nitrogens is 1. The molecule has 0 aliphatic heterocycles. The predicted octanol–water partition coefficient (Wildman–Crippen LogP) is 1.67. The van der Waals surface area contributed by atoms with Crippen LogP contribution in [0.1, 0.15) is 40.8 Å². The highest BCUT2D eigenvalue weighted by molar-refractivity contribution is 7.11. The number of carboxylic acids is 1. The summed E-state index contributed by atoms with van der Waals surface area (Å²) in [6.07, 6.45) is 4.12. The molecule has 0 saturated heterocycles. The number of hydrogen-bond acceptors (Lipinski definition) is 4. The molecular weight excluding hydrogens is 224 g/mol. The van der Waals surface area contributed by atoms with Gasteiger partial charge in [-0.15, -0.1) is 11.3 Å². The molecule has 0 aromatic carbocycles. The summed E-state index contributed by atoms with van der Waals surface area (Å²) in [5.74, 6) is -0.337. The Morgan fingerprint density at radius 1 is 1.69 bits per heavy atom. The molecule has 1 atom stereocenters. The van der Waals surface area contributed by atoms with Crippen LogP contribution in [0.3, 0.4) is 0 Å². The fourth-order valence-electron chi connectivity index (χ4n) is 1.76. The van der Waals surface area contributed by atoms with Gasteiger partial charge in [0.15, 0.2) is 0 Å². The van der Waals surface area contributed by atoms with Crippen LogP contribution in [0.2, 0.25) is 0 Å². The summed E-state index contributed by atoms with van der Waals surface area (Å²) in [6, 6.07) is -0.812. The first-order valence-corrected chi connectivity index (χ1v) is 6.34. The molecule has 1 unspecified atom stereocenters. The molecule has 1 aliphatic rings. The van der Waals surface area contributed by atoms with Gasteiger partial charge >= 0.3 is 5.97 Å². The SMILES string of the molecule is Cc1nc(C2CCC2)sc1CC(N)C(=O)O. The van der Waals surface area contributed by atoms with E-state index in [-0.39, 0.29) is 0 Å². The van der Waals surface area contributed by atoms with E-state index in [1.54, 1.807) is 11.3 Å². The van der Waals surface area contributed by atoms with Crippen molar-refractivity contribution < 1.29 is 9.90 Å². The topological polar surface area (TPSA) is 76.2 Å². The molecule has 2 rings (SSSR count). The highest BCUT2D eigenvalue weighted by Crippen LogP contribution is 2.39. The van der Waals surface area contributed by atoms with Gasteiger partial charge in [0.1, 0.15) is 6.04 Å². The molecule has 1 fully saturated rings. The van der Waals surface area contributed by atoms with E-state index in [4.69, 9.17) is 10.8 Å². The predicted molar refractivity (Wildman–Crippen MR) is 62.8 cm³/mol. The minimum atomic E-state index is -0.946. The van der Waals surface area contributed by atoms with E-state index in [2.05, 4.69) is 4.98 Å². The number of aryl methyl sites for hydroxylation is 1. The molecule has 16 heavy (non-hydrogen) atoms. The van der Waals surface area contributed by atoms with Gasteiger partial charge < -0.3 is 10.8 Å². The molecule has 0 radical (unpaired) electrons. The first-order chi connectivity index (χ1) is 7.58. The van der Waals surface area contributed by atoms with Gasteiger partial charge in [-0.2, -0.15) is 0 Å². The third kappa shape index (κ3) is 2.25. The van der Waals surface area contributed by atoms with E-state index in [0.29, 0.717) is 12.3 Å². The zero-order chi connectivity index (χ0) is 11.7. The smallest absolute Gasteiger partial charge is 0.320 e. The average Bonchev–Trinajstić information content (AvgIpc) is 2.44. The summed E-state index contributed by atoms with van der Waals surface area (Å²) in [4.78, 5) is 16.2. The highest BCUT2D eigenvalue weighted by Gasteiger charge is 2.24. The van der Waals surface area contributed by atoms with E-state index >= 15 is 0 Å². The molecular formula is C11H16N2O2S. The maximum absolute atomic E-state index is 10.7. The van der Waals surface area contributed by atoms with Gasteiger partial charge in [-0.05, 0) is 19.8 Å². The zero-order valence-electron chi connectivity index (χ0n) is 9.27. The molecule has 1 aliphatic carbocycles. The van der Waals surface area contributed by atoms with Crippen molar-refractivity contribution in [1.29, 1.82) is 0 Å². The van der Waals surface area contributed by atoms with E-state index in [1.165, 1.54) is 19.3 Å². The van der Waals surface area contributed by atoms with Crippen molar-refractivity contribution in [2.45, 2.75) is 44.6 Å². The monoisotopic (exact) mass is 240 g/mol. The van der Waals surface area contributed by atoms with Gasteiger partial charge in [0.2, 0.25) is 0 Å². The van der Waals surface area contributed by atoms with Crippen LogP contribution in [-0.4, -0.2) is 22.1 Å². The lowest BCUT2D eigenvalue weighted by Gasteiger charge is -2.22. The maximum Gasteiger partial charge on any atom is 0.320 e. The maximum atomic E-state index is 10.7. The van der Waals surface area contributed by atoms with Crippen LogP contribution in [0.5, 0.6) is 0 Å². The van der Waals surface area contributed by atoms with Crippen LogP contribution in [0.25, 0.3) is 0 Å². The van der Waals surface area contributed by atoms with Gasteiger partial charge in [0.25, 0.3) is 0 Å². The fourth-order valence-corrected chi connectivity index (χ4v) is 3.05. The average molecular weight is 240 g/mol. The summed E-state index contributed by atoms with van der Waals surface area (Å²) in [7, 11) is 0. The molecule has 4 nitrogen and oxygen atoms in total. The molecule has 1 saturated carbocycles. The van der Waals surface area contributed by atoms with Gasteiger partial charge in [-0.25, -0.2) is 4.98 Å². The summed E-state index contributed by atoms with van der Waals surface area (Å²) in [5.41, 5.74) is 6.48. The lowest BCUT2D eigenvalue weighted by Crippen LogP contribution is -2.32. The lowest BCUT2D eigenvalue weighted by molar-refractivity contribution is -0.138. The molecule has 1 heterocycles. The Balaban J connectivity index is 2.08. The number of aliphatic carboxylic acids is 1. The normalized spacial score (nSPS) is 18.1. The van der Waals surface area contributed by atoms with Crippen LogP contribution < -0.4 is 5.73 Å². The second-order valence-corrected chi connectivity index (χ2v) is 5.45. The molecule has 5 heteroatoms. The van der Waals surface area contributed by atoms with Crippen LogP contribution >= 0.6 is 11.3 Å². The first kappa shape index (κ1) is 11.5. The number of nitrogens with two attached hydrogens (primary N) is 1. The third-order valence-electron chi connectivity index (χ3n) is 3.09. The summed E-state index contributed by atoms with van der Waals surface area (Å²) < 4.78 is 0. The second-order valence-electron chi connectivity index (χ2n) is 4.34. The molecule has 1 aromatic heterocycles. The Morgan fingerprint density at radius 2 is 2.38 bits per heavy atom. The summed E-state index contributed by atoms with van der Waals surface area (Å²) in [6.45, 7) is 1.93. The van der Waals surface area contributed by atoms with E-state index < -0.39 is 12.0 Å². The first-order valence-electron chi connectivity index (χ1n) is 5.52. The standard InChI is InChI=1S/C11H16N2O2S/c1-6-9(5-8(12)11(14)15)16-10(13-6)7-3-2-4-7/h7-8H,2-5,12H2,1H3,(H,14,15). The van der Waals surface area contributed by atoms with Crippen LogP contribution in [0, 0.1) is 6.92 Å². The number of rotatable bonds is 4. The molecule has 0 bridgehead atoms. The van der Waals surface area contributed by atoms with E-state index in [1.807, 2.05) is 6.92 Å². The zero-order valence-corrected chi connectivity index (χ0v) is 10.1. The fraction of sp³-hybridized carbons (Fsp3) is 0.636. The Hall–Kier alpha value is -0.940. The van der Waals surface area contributed by atoms with E-state index in [9.17, 15) is 4.79 Å². The number of hydrogen-bond donors (Lipinski definition) is 2. The van der Waals surface area contributed by atoms with Crippen molar-refractivity contribution in [3.63, 3.8) is 0 Å². The Kier molecular flexibility index (Phi) is 3.25. The molecule has 1 aromatic rings. The van der Waals surface area contributed by atoms with Crippen molar-refractivity contribution in [3.8, 4) is 0 Å². The Morgan fingerprint density at radius 3 is 2.88 bits per heavy atom. The van der Waals surface area contributed by atoms with Crippen molar-refractivity contribution in [2.24, 2.45) is 5.73 Å².